The van der Waals surface area contributed by atoms with E-state index in [-0.39, 0.29) is 18.0 Å². The molecule has 6 heteroatoms. The topological polar surface area (TPSA) is 71.0 Å². The zero-order valence-electron chi connectivity index (χ0n) is 19.9. The number of nitrogens with zero attached hydrogens (tertiary/aromatic N) is 1. The zero-order valence-corrected chi connectivity index (χ0v) is 19.9. The Bertz CT molecular complexity index is 937. The number of carbonyl (C=O) groups excluding carboxylic acids is 1. The third kappa shape index (κ3) is 5.95. The van der Waals surface area contributed by atoms with Crippen molar-refractivity contribution in [2.24, 2.45) is 5.92 Å². The summed E-state index contributed by atoms with van der Waals surface area (Å²) in [5.41, 5.74) is 1.93. The number of carbonyl (C=O) groups is 1. The Balaban J connectivity index is 0.00000149. The summed E-state index contributed by atoms with van der Waals surface area (Å²) in [5, 5.41) is 13.3. The van der Waals surface area contributed by atoms with Crippen molar-refractivity contribution in [2.45, 2.75) is 44.9 Å². The van der Waals surface area contributed by atoms with Crippen LogP contribution in [0, 0.1) is 5.92 Å². The fourth-order valence-electron chi connectivity index (χ4n) is 4.13. The Kier molecular flexibility index (Phi) is 8.53. The highest BCUT2D eigenvalue weighted by Gasteiger charge is 2.47. The smallest absolute Gasteiger partial charge is 0.159 e. The number of nitrogens with one attached hydrogen (secondary N) is 1. The van der Waals surface area contributed by atoms with Crippen LogP contribution in [0.5, 0.6) is 5.75 Å². The summed E-state index contributed by atoms with van der Waals surface area (Å²) in [6.45, 7) is 10.2. The summed E-state index contributed by atoms with van der Waals surface area (Å²) >= 11 is 0. The van der Waals surface area contributed by atoms with Crippen LogP contribution in [0.4, 0.5) is 0 Å². The van der Waals surface area contributed by atoms with E-state index in [4.69, 9.17) is 9.47 Å². The lowest BCUT2D eigenvalue weighted by Crippen LogP contribution is -2.48. The van der Waals surface area contributed by atoms with Crippen molar-refractivity contribution in [2.75, 3.05) is 26.8 Å². The van der Waals surface area contributed by atoms with Crippen molar-refractivity contribution in [1.82, 2.24) is 10.2 Å². The number of aldehydes is 1. The first-order valence-corrected chi connectivity index (χ1v) is 11.8. The van der Waals surface area contributed by atoms with E-state index in [1.165, 1.54) is 0 Å². The fraction of sp³-hybridized carbons (Fsp3) is 0.444. The summed E-state index contributed by atoms with van der Waals surface area (Å²) in [6.07, 6.45) is 3.57. The molecule has 2 N–H and O–H groups in total. The quantitative estimate of drug-likeness (QED) is 0.512. The lowest BCUT2D eigenvalue weighted by molar-refractivity contribution is -0.114. The third-order valence-corrected chi connectivity index (χ3v) is 6.13. The number of rotatable bonds is 10. The number of hydrogen-bond acceptors (Lipinski definition) is 6. The highest BCUT2D eigenvalue weighted by atomic mass is 16.7. The minimum atomic E-state index is -0.835. The minimum absolute atomic E-state index is 0.173. The monoisotopic (exact) mass is 452 g/mol. The molecule has 1 unspecified atom stereocenters. The number of ether oxygens (including phenoxy) is 2. The second-order valence-corrected chi connectivity index (χ2v) is 8.35. The van der Waals surface area contributed by atoms with Gasteiger partial charge < -0.3 is 29.6 Å². The predicted molar refractivity (Wildman–Crippen MR) is 131 cm³/mol. The van der Waals surface area contributed by atoms with Crippen molar-refractivity contribution in [3.8, 4) is 16.9 Å². The van der Waals surface area contributed by atoms with Crippen LogP contribution in [0.1, 0.15) is 38.7 Å². The maximum Gasteiger partial charge on any atom is 0.159 e. The van der Waals surface area contributed by atoms with E-state index in [1.54, 1.807) is 12.1 Å². The predicted octanol–water partition coefficient (Wildman–Crippen LogP) is 4.65. The first-order chi connectivity index (χ1) is 16.0. The van der Waals surface area contributed by atoms with Crippen molar-refractivity contribution in [3.05, 3.63) is 66.5 Å². The van der Waals surface area contributed by atoms with Crippen molar-refractivity contribution in [3.63, 3.8) is 0 Å². The zero-order chi connectivity index (χ0) is 23.8. The molecule has 4 rings (SSSR count). The van der Waals surface area contributed by atoms with Gasteiger partial charge in [0.05, 0.1) is 19.0 Å². The van der Waals surface area contributed by atoms with Gasteiger partial charge in [-0.05, 0) is 53.6 Å². The third-order valence-electron chi connectivity index (χ3n) is 6.13. The molecule has 2 aromatic rings. The van der Waals surface area contributed by atoms with Gasteiger partial charge in [0.15, 0.2) is 6.29 Å². The van der Waals surface area contributed by atoms with Gasteiger partial charge in [-0.15, -0.1) is 0 Å². The maximum absolute atomic E-state index is 12.5. The van der Waals surface area contributed by atoms with Gasteiger partial charge in [-0.3, -0.25) is 0 Å². The summed E-state index contributed by atoms with van der Waals surface area (Å²) in [4.78, 5) is 14.5. The molecular weight excluding hydrogens is 416 g/mol. The lowest BCUT2D eigenvalue weighted by atomic mass is 9.84. The van der Waals surface area contributed by atoms with E-state index in [0.717, 1.165) is 42.2 Å². The Hall–Kier alpha value is -2.83. The van der Waals surface area contributed by atoms with Crippen LogP contribution >= 0.6 is 0 Å². The molecule has 1 heterocycles. The first kappa shape index (κ1) is 24.8. The first-order valence-electron chi connectivity index (χ1n) is 11.8. The number of aromatic hydroxyl groups is 1. The molecule has 1 atom stereocenters. The van der Waals surface area contributed by atoms with Crippen molar-refractivity contribution < 1.29 is 19.4 Å². The van der Waals surface area contributed by atoms with E-state index in [1.807, 2.05) is 62.2 Å². The molecule has 2 fully saturated rings. The summed E-state index contributed by atoms with van der Waals surface area (Å²) in [5.74, 6) is 1.13. The Morgan fingerprint density at radius 3 is 2.39 bits per heavy atom. The van der Waals surface area contributed by atoms with Gasteiger partial charge in [0, 0.05) is 20.0 Å². The van der Waals surface area contributed by atoms with Gasteiger partial charge in [0.25, 0.3) is 0 Å². The Morgan fingerprint density at radius 2 is 1.79 bits per heavy atom. The SMILES string of the molecule is C=C(NC(C=O)(c1cccc(-c2cccc(O)c2)c1)C1CC1)N(C)CCC1OCCO1.CC. The van der Waals surface area contributed by atoms with Crippen molar-refractivity contribution in [1.29, 1.82) is 0 Å². The van der Waals surface area contributed by atoms with Gasteiger partial charge in [-0.2, -0.15) is 0 Å². The van der Waals surface area contributed by atoms with Crippen LogP contribution in [0.3, 0.4) is 0 Å². The summed E-state index contributed by atoms with van der Waals surface area (Å²) < 4.78 is 11.0. The number of phenols is 1. The van der Waals surface area contributed by atoms with Gasteiger partial charge in [-0.25, -0.2) is 0 Å². The standard InChI is InChI=1S/C25H30N2O4.C2H6/c1-18(27(2)12-11-24-30-13-14-31-24)26-25(17-28,21-9-10-21)22-7-3-5-19(15-22)20-6-4-8-23(29)16-20;1-2/h3-8,15-17,21,24,26,29H,1,9-14H2,2H3;1-2H3. The van der Waals surface area contributed by atoms with Crippen LogP contribution in [0.15, 0.2) is 60.9 Å². The van der Waals surface area contributed by atoms with Crippen molar-refractivity contribution >= 4 is 6.29 Å². The molecule has 0 spiro atoms. The molecule has 178 valence electrons. The van der Waals surface area contributed by atoms with E-state index in [0.29, 0.717) is 25.6 Å². The summed E-state index contributed by atoms with van der Waals surface area (Å²) in [7, 11) is 1.95. The number of phenolic OH excluding ortho intramolecular Hbond substituents is 1. The molecule has 1 aliphatic carbocycles. The molecule has 1 aliphatic heterocycles. The van der Waals surface area contributed by atoms with E-state index >= 15 is 0 Å². The van der Waals surface area contributed by atoms with E-state index < -0.39 is 5.54 Å². The molecule has 6 nitrogen and oxygen atoms in total. The van der Waals surface area contributed by atoms with Crippen LogP contribution < -0.4 is 5.32 Å². The molecule has 0 amide bonds. The number of hydrogen-bond donors (Lipinski definition) is 2. The molecule has 0 aromatic heterocycles. The average molecular weight is 453 g/mol. The Labute approximate surface area is 197 Å². The average Bonchev–Trinajstić information content (AvgIpc) is 3.58. The second kappa shape index (κ2) is 11.3. The van der Waals surface area contributed by atoms with Crippen LogP contribution in [-0.2, 0) is 19.8 Å². The van der Waals surface area contributed by atoms with Crippen LogP contribution in [0.2, 0.25) is 0 Å². The maximum atomic E-state index is 12.5. The van der Waals surface area contributed by atoms with Gasteiger partial charge in [0.1, 0.15) is 17.6 Å². The molecule has 1 saturated carbocycles. The normalized spacial score (nSPS) is 17.4. The molecule has 1 saturated heterocycles. The second-order valence-electron chi connectivity index (χ2n) is 8.35. The minimum Gasteiger partial charge on any atom is -0.508 e. The molecule has 2 aliphatic rings. The molecule has 0 radical (unpaired) electrons. The van der Waals surface area contributed by atoms with Crippen LogP contribution in [-0.4, -0.2) is 49.4 Å². The number of benzene rings is 2. The summed E-state index contributed by atoms with van der Waals surface area (Å²) in [6, 6.07) is 15.1. The molecule has 33 heavy (non-hydrogen) atoms. The highest BCUT2D eigenvalue weighted by Crippen LogP contribution is 2.46. The largest absolute Gasteiger partial charge is 0.508 e. The lowest BCUT2D eigenvalue weighted by Gasteiger charge is -2.35. The van der Waals surface area contributed by atoms with Crippen LogP contribution in [0.25, 0.3) is 11.1 Å². The van der Waals surface area contributed by atoms with Gasteiger partial charge >= 0.3 is 0 Å². The van der Waals surface area contributed by atoms with Gasteiger partial charge in [-0.1, -0.05) is 50.8 Å². The van der Waals surface area contributed by atoms with E-state index in [2.05, 4.69) is 11.9 Å². The van der Waals surface area contributed by atoms with Gasteiger partial charge in [0.2, 0.25) is 0 Å². The molecular formula is C27H36N2O4. The molecule has 0 bridgehead atoms. The molecule has 2 aromatic carbocycles. The highest BCUT2D eigenvalue weighted by molar-refractivity contribution is 5.73. The Morgan fingerprint density at radius 1 is 1.15 bits per heavy atom. The fourth-order valence-corrected chi connectivity index (χ4v) is 4.13. The van der Waals surface area contributed by atoms with E-state index in [9.17, 15) is 9.90 Å².